The van der Waals surface area contributed by atoms with Crippen molar-refractivity contribution in [3.05, 3.63) is 53.6 Å². The van der Waals surface area contributed by atoms with Crippen LogP contribution in [0.2, 0.25) is 0 Å². The molecule has 0 spiro atoms. The fourth-order valence-electron chi connectivity index (χ4n) is 3.09. The highest BCUT2D eigenvalue weighted by Gasteiger charge is 2.21. The summed E-state index contributed by atoms with van der Waals surface area (Å²) < 4.78 is 52.9. The van der Waals surface area contributed by atoms with E-state index < -0.39 is 20.0 Å². The molecule has 3 rings (SSSR count). The van der Waals surface area contributed by atoms with E-state index in [-0.39, 0.29) is 16.3 Å². The molecule has 0 aromatic heterocycles. The van der Waals surface area contributed by atoms with Gasteiger partial charge in [-0.3, -0.25) is 9.03 Å². The monoisotopic (exact) mass is 394 g/mol. The van der Waals surface area contributed by atoms with Crippen molar-refractivity contribution in [3.8, 4) is 0 Å². The second-order valence-electron chi connectivity index (χ2n) is 6.49. The van der Waals surface area contributed by atoms with Gasteiger partial charge in [0.25, 0.3) is 10.0 Å². The van der Waals surface area contributed by atoms with Crippen LogP contribution in [-0.2, 0) is 32.9 Å². The average Bonchev–Trinajstić information content (AvgIpc) is 2.60. The third kappa shape index (κ3) is 3.86. The Morgan fingerprint density at radius 1 is 0.923 bits per heavy atom. The SMILES string of the molecule is CN(c1ccccc1NS(=O)(=O)c1ccc2c(c1)CCCC2)S(C)(=O)=O. The van der Waals surface area contributed by atoms with Crippen LogP contribution in [0.4, 0.5) is 11.4 Å². The van der Waals surface area contributed by atoms with Crippen LogP contribution in [0.25, 0.3) is 0 Å². The van der Waals surface area contributed by atoms with Gasteiger partial charge in [0, 0.05) is 7.05 Å². The lowest BCUT2D eigenvalue weighted by Crippen LogP contribution is -2.26. The fourth-order valence-corrected chi connectivity index (χ4v) is 4.73. The van der Waals surface area contributed by atoms with E-state index in [1.165, 1.54) is 12.6 Å². The lowest BCUT2D eigenvalue weighted by atomic mass is 9.92. The smallest absolute Gasteiger partial charge is 0.261 e. The maximum Gasteiger partial charge on any atom is 0.261 e. The van der Waals surface area contributed by atoms with Crippen LogP contribution < -0.4 is 9.03 Å². The molecule has 0 heterocycles. The van der Waals surface area contributed by atoms with Gasteiger partial charge >= 0.3 is 0 Å². The van der Waals surface area contributed by atoms with Crippen LogP contribution in [0.15, 0.2) is 47.4 Å². The van der Waals surface area contributed by atoms with E-state index in [9.17, 15) is 16.8 Å². The molecule has 2 aromatic rings. The third-order valence-electron chi connectivity index (χ3n) is 4.62. The van der Waals surface area contributed by atoms with Crippen LogP contribution in [-0.4, -0.2) is 30.1 Å². The summed E-state index contributed by atoms with van der Waals surface area (Å²) in [6.45, 7) is 0. The van der Waals surface area contributed by atoms with E-state index in [4.69, 9.17) is 0 Å². The van der Waals surface area contributed by atoms with Crippen LogP contribution in [0.5, 0.6) is 0 Å². The average molecular weight is 395 g/mol. The molecule has 8 heteroatoms. The summed E-state index contributed by atoms with van der Waals surface area (Å²) >= 11 is 0. The highest BCUT2D eigenvalue weighted by atomic mass is 32.2. The molecule has 6 nitrogen and oxygen atoms in total. The van der Waals surface area contributed by atoms with Crippen molar-refractivity contribution in [1.82, 2.24) is 0 Å². The first kappa shape index (κ1) is 18.7. The molecule has 0 aliphatic heterocycles. The Kier molecular flexibility index (Phi) is 4.98. The Balaban J connectivity index is 1.96. The molecule has 0 radical (unpaired) electrons. The predicted molar refractivity (Wildman–Crippen MR) is 104 cm³/mol. The molecule has 0 amide bonds. The number of aryl methyl sites for hydroxylation is 2. The first-order valence-electron chi connectivity index (χ1n) is 8.36. The molecule has 26 heavy (non-hydrogen) atoms. The van der Waals surface area contributed by atoms with E-state index in [1.54, 1.807) is 36.4 Å². The number of rotatable bonds is 5. The minimum absolute atomic E-state index is 0.190. The zero-order chi connectivity index (χ0) is 18.9. The molecule has 1 N–H and O–H groups in total. The normalized spacial score (nSPS) is 14.5. The molecular weight excluding hydrogens is 372 g/mol. The van der Waals surface area contributed by atoms with Gasteiger partial charge in [-0.05, 0) is 61.1 Å². The van der Waals surface area contributed by atoms with Crippen LogP contribution in [0.1, 0.15) is 24.0 Å². The Morgan fingerprint density at radius 2 is 1.58 bits per heavy atom. The molecule has 0 saturated heterocycles. The molecule has 0 fully saturated rings. The second kappa shape index (κ2) is 6.92. The van der Waals surface area contributed by atoms with E-state index in [1.807, 2.05) is 6.07 Å². The molecule has 1 aliphatic rings. The van der Waals surface area contributed by atoms with Gasteiger partial charge in [0.2, 0.25) is 10.0 Å². The lowest BCUT2D eigenvalue weighted by Gasteiger charge is -2.21. The highest BCUT2D eigenvalue weighted by molar-refractivity contribution is 7.93. The van der Waals surface area contributed by atoms with Gasteiger partial charge in [-0.1, -0.05) is 18.2 Å². The summed E-state index contributed by atoms with van der Waals surface area (Å²) in [7, 11) is -5.94. The summed E-state index contributed by atoms with van der Waals surface area (Å²) in [4.78, 5) is 0.190. The molecule has 2 aromatic carbocycles. The summed E-state index contributed by atoms with van der Waals surface area (Å²) in [5, 5.41) is 0. The number of hydrogen-bond acceptors (Lipinski definition) is 4. The Labute approximate surface area is 155 Å². The first-order valence-corrected chi connectivity index (χ1v) is 11.7. The standard InChI is InChI=1S/C18H22N2O4S2/c1-20(25(2,21)22)18-10-6-5-9-17(18)19-26(23,24)16-12-11-14-7-3-4-8-15(14)13-16/h5-6,9-13,19H,3-4,7-8H2,1-2H3. The number of nitrogens with zero attached hydrogens (tertiary/aromatic N) is 1. The number of anilines is 2. The number of sulfonamides is 2. The Hall–Kier alpha value is -2.06. The van der Waals surface area contributed by atoms with Crippen molar-refractivity contribution in [1.29, 1.82) is 0 Å². The maximum atomic E-state index is 12.8. The highest BCUT2D eigenvalue weighted by Crippen LogP contribution is 2.30. The number of nitrogens with one attached hydrogen (secondary N) is 1. The minimum Gasteiger partial charge on any atom is -0.277 e. The van der Waals surface area contributed by atoms with Crippen molar-refractivity contribution < 1.29 is 16.8 Å². The molecule has 1 aliphatic carbocycles. The third-order valence-corrected chi connectivity index (χ3v) is 7.17. The molecule has 0 bridgehead atoms. The zero-order valence-corrected chi connectivity index (χ0v) is 16.4. The van der Waals surface area contributed by atoms with Gasteiger partial charge in [-0.15, -0.1) is 0 Å². The van der Waals surface area contributed by atoms with E-state index >= 15 is 0 Å². The number of benzene rings is 2. The molecule has 140 valence electrons. The van der Waals surface area contributed by atoms with Crippen molar-refractivity contribution in [2.75, 3.05) is 22.3 Å². The van der Waals surface area contributed by atoms with Gasteiger partial charge in [0.05, 0.1) is 22.5 Å². The van der Waals surface area contributed by atoms with Crippen LogP contribution in [0, 0.1) is 0 Å². The van der Waals surface area contributed by atoms with Crippen molar-refractivity contribution in [3.63, 3.8) is 0 Å². The molecule has 0 atom stereocenters. The number of hydrogen-bond donors (Lipinski definition) is 1. The summed E-state index contributed by atoms with van der Waals surface area (Å²) in [5.41, 5.74) is 2.77. The van der Waals surface area contributed by atoms with Crippen molar-refractivity contribution in [2.45, 2.75) is 30.6 Å². The number of para-hydroxylation sites is 2. The van der Waals surface area contributed by atoms with Crippen LogP contribution >= 0.6 is 0 Å². The van der Waals surface area contributed by atoms with Crippen LogP contribution in [0.3, 0.4) is 0 Å². The fraction of sp³-hybridized carbons (Fsp3) is 0.333. The van der Waals surface area contributed by atoms with E-state index in [0.717, 1.165) is 41.8 Å². The number of fused-ring (bicyclic) bond motifs is 1. The first-order chi connectivity index (χ1) is 12.2. The Bertz CT molecular complexity index is 1030. The molecular formula is C18H22N2O4S2. The van der Waals surface area contributed by atoms with Gasteiger partial charge in [0.1, 0.15) is 0 Å². The van der Waals surface area contributed by atoms with Gasteiger partial charge in [-0.25, -0.2) is 16.8 Å². The summed E-state index contributed by atoms with van der Waals surface area (Å²) in [5.74, 6) is 0. The van der Waals surface area contributed by atoms with E-state index in [0.29, 0.717) is 0 Å². The minimum atomic E-state index is -3.82. The van der Waals surface area contributed by atoms with E-state index in [2.05, 4.69) is 4.72 Å². The lowest BCUT2D eigenvalue weighted by molar-refractivity contribution is 0.597. The predicted octanol–water partition coefficient (Wildman–Crippen LogP) is 2.76. The summed E-state index contributed by atoms with van der Waals surface area (Å²) in [6.07, 6.45) is 5.12. The van der Waals surface area contributed by atoms with Crippen molar-refractivity contribution in [2.24, 2.45) is 0 Å². The van der Waals surface area contributed by atoms with Crippen molar-refractivity contribution >= 4 is 31.4 Å². The van der Waals surface area contributed by atoms with Gasteiger partial charge < -0.3 is 0 Å². The molecule has 0 unspecified atom stereocenters. The van der Waals surface area contributed by atoms with Gasteiger partial charge in [0.15, 0.2) is 0 Å². The maximum absolute atomic E-state index is 12.8. The second-order valence-corrected chi connectivity index (χ2v) is 10.2. The molecule has 0 saturated carbocycles. The zero-order valence-electron chi connectivity index (χ0n) is 14.8. The van der Waals surface area contributed by atoms with Gasteiger partial charge in [-0.2, -0.15) is 0 Å². The topological polar surface area (TPSA) is 83.6 Å². The Morgan fingerprint density at radius 3 is 2.27 bits per heavy atom. The quantitative estimate of drug-likeness (QED) is 0.845. The summed E-state index contributed by atoms with van der Waals surface area (Å²) in [6, 6.07) is 11.6. The largest absolute Gasteiger partial charge is 0.277 e.